The number of carbonyl (C=O) groups is 1. The number of alkyl halides is 2. The van der Waals surface area contributed by atoms with E-state index in [0.29, 0.717) is 6.61 Å². The SMILES string of the molecule is COCCN(CC(F)F)C(=O)C1CCNCC1.Cl. The van der Waals surface area contributed by atoms with Gasteiger partial charge in [-0.1, -0.05) is 0 Å². The number of halogens is 3. The van der Waals surface area contributed by atoms with E-state index in [-0.39, 0.29) is 30.8 Å². The second kappa shape index (κ2) is 9.47. The van der Waals surface area contributed by atoms with Crippen LogP contribution in [0.15, 0.2) is 0 Å². The third-order valence-corrected chi connectivity index (χ3v) is 2.92. The van der Waals surface area contributed by atoms with Crippen LogP contribution in [0.1, 0.15) is 12.8 Å². The molecule has 1 amide bonds. The van der Waals surface area contributed by atoms with Gasteiger partial charge in [-0.25, -0.2) is 8.78 Å². The van der Waals surface area contributed by atoms with Crippen LogP contribution in [0.3, 0.4) is 0 Å². The van der Waals surface area contributed by atoms with Crippen molar-refractivity contribution < 1.29 is 18.3 Å². The summed E-state index contributed by atoms with van der Waals surface area (Å²) in [6, 6.07) is 0. The highest BCUT2D eigenvalue weighted by atomic mass is 35.5. The number of rotatable bonds is 6. The topological polar surface area (TPSA) is 41.6 Å². The van der Waals surface area contributed by atoms with E-state index in [0.717, 1.165) is 25.9 Å². The zero-order chi connectivity index (χ0) is 12.7. The van der Waals surface area contributed by atoms with Crippen molar-refractivity contribution in [3.63, 3.8) is 0 Å². The Morgan fingerprint density at radius 3 is 2.56 bits per heavy atom. The molecular weight excluding hydrogens is 266 g/mol. The smallest absolute Gasteiger partial charge is 0.255 e. The Balaban J connectivity index is 0.00000289. The lowest BCUT2D eigenvalue weighted by Gasteiger charge is -2.29. The van der Waals surface area contributed by atoms with Crippen molar-refractivity contribution in [1.82, 2.24) is 10.2 Å². The summed E-state index contributed by atoms with van der Waals surface area (Å²) in [5.41, 5.74) is 0. The Labute approximate surface area is 112 Å². The number of methoxy groups -OCH3 is 1. The lowest BCUT2D eigenvalue weighted by Crippen LogP contribution is -2.44. The maximum atomic E-state index is 12.4. The molecule has 1 rings (SSSR count). The van der Waals surface area contributed by atoms with Gasteiger partial charge in [-0.2, -0.15) is 0 Å². The molecular formula is C11H21ClF2N2O2. The van der Waals surface area contributed by atoms with Gasteiger partial charge in [0, 0.05) is 19.6 Å². The molecule has 7 heteroatoms. The van der Waals surface area contributed by atoms with Crippen LogP contribution < -0.4 is 5.32 Å². The van der Waals surface area contributed by atoms with Gasteiger partial charge in [-0.15, -0.1) is 12.4 Å². The summed E-state index contributed by atoms with van der Waals surface area (Å²) in [5, 5.41) is 3.15. The zero-order valence-corrected chi connectivity index (χ0v) is 11.3. The van der Waals surface area contributed by atoms with Crippen LogP contribution in [0.4, 0.5) is 8.78 Å². The van der Waals surface area contributed by atoms with Crippen molar-refractivity contribution in [2.24, 2.45) is 5.92 Å². The van der Waals surface area contributed by atoms with Crippen LogP contribution in [-0.4, -0.2) is 57.1 Å². The molecule has 108 valence electrons. The number of hydrogen-bond donors (Lipinski definition) is 1. The van der Waals surface area contributed by atoms with Gasteiger partial charge in [-0.05, 0) is 25.9 Å². The lowest BCUT2D eigenvalue weighted by molar-refractivity contribution is -0.139. The number of carbonyl (C=O) groups excluding carboxylic acids is 1. The largest absolute Gasteiger partial charge is 0.383 e. The van der Waals surface area contributed by atoms with Crippen LogP contribution in [-0.2, 0) is 9.53 Å². The summed E-state index contributed by atoms with van der Waals surface area (Å²) in [7, 11) is 1.50. The van der Waals surface area contributed by atoms with Crippen molar-refractivity contribution >= 4 is 18.3 Å². The minimum Gasteiger partial charge on any atom is -0.383 e. The van der Waals surface area contributed by atoms with Gasteiger partial charge < -0.3 is 15.0 Å². The van der Waals surface area contributed by atoms with Gasteiger partial charge in [-0.3, -0.25) is 4.79 Å². The highest BCUT2D eigenvalue weighted by molar-refractivity contribution is 5.85. The van der Waals surface area contributed by atoms with Crippen LogP contribution in [0.5, 0.6) is 0 Å². The number of piperidine rings is 1. The van der Waals surface area contributed by atoms with E-state index in [4.69, 9.17) is 4.74 Å². The molecule has 1 aliphatic heterocycles. The first-order valence-corrected chi connectivity index (χ1v) is 5.91. The summed E-state index contributed by atoms with van der Waals surface area (Å²) in [4.78, 5) is 13.3. The monoisotopic (exact) mass is 286 g/mol. The molecule has 0 aromatic rings. The van der Waals surface area contributed by atoms with Gasteiger partial charge in [0.1, 0.15) is 0 Å². The summed E-state index contributed by atoms with van der Waals surface area (Å²) in [6.07, 6.45) is -1.03. The molecule has 0 aromatic carbocycles. The van der Waals surface area contributed by atoms with Crippen LogP contribution in [0.25, 0.3) is 0 Å². The van der Waals surface area contributed by atoms with Crippen LogP contribution in [0.2, 0.25) is 0 Å². The summed E-state index contributed by atoms with van der Waals surface area (Å²) >= 11 is 0. The fourth-order valence-corrected chi connectivity index (χ4v) is 1.99. The van der Waals surface area contributed by atoms with Gasteiger partial charge in [0.05, 0.1) is 13.2 Å². The molecule has 1 fully saturated rings. The molecule has 4 nitrogen and oxygen atoms in total. The molecule has 0 saturated carbocycles. The predicted molar refractivity (Wildman–Crippen MR) is 67.3 cm³/mol. The standard InChI is InChI=1S/C11H20F2N2O2.ClH/c1-17-7-6-15(8-10(12)13)11(16)9-2-4-14-5-3-9;/h9-10,14H,2-8H2,1H3;1H. The Morgan fingerprint density at radius 2 is 2.06 bits per heavy atom. The van der Waals surface area contributed by atoms with E-state index in [2.05, 4.69) is 5.32 Å². The number of ether oxygens (including phenoxy) is 1. The molecule has 0 aliphatic carbocycles. The van der Waals surface area contributed by atoms with E-state index < -0.39 is 13.0 Å². The average Bonchev–Trinajstić information content (AvgIpc) is 2.34. The minimum absolute atomic E-state index is 0. The normalized spacial score (nSPS) is 16.4. The van der Waals surface area contributed by atoms with Gasteiger partial charge >= 0.3 is 0 Å². The summed E-state index contributed by atoms with van der Waals surface area (Å²) < 4.78 is 29.6. The van der Waals surface area contributed by atoms with Crippen LogP contribution in [0, 0.1) is 5.92 Å². The summed E-state index contributed by atoms with van der Waals surface area (Å²) in [6.45, 7) is 1.60. The second-order valence-electron chi connectivity index (χ2n) is 4.19. The van der Waals surface area contributed by atoms with Crippen molar-refractivity contribution in [3.05, 3.63) is 0 Å². The molecule has 1 heterocycles. The zero-order valence-electron chi connectivity index (χ0n) is 10.5. The molecule has 0 aromatic heterocycles. The van der Waals surface area contributed by atoms with Crippen molar-refractivity contribution in [2.75, 3.05) is 39.9 Å². The third-order valence-electron chi connectivity index (χ3n) is 2.92. The number of hydrogen-bond acceptors (Lipinski definition) is 3. The molecule has 1 aliphatic rings. The number of nitrogens with zero attached hydrogens (tertiary/aromatic N) is 1. The number of nitrogens with one attached hydrogen (secondary N) is 1. The van der Waals surface area contributed by atoms with Gasteiger partial charge in [0.2, 0.25) is 5.91 Å². The van der Waals surface area contributed by atoms with E-state index in [9.17, 15) is 13.6 Å². The van der Waals surface area contributed by atoms with E-state index in [1.165, 1.54) is 12.0 Å². The van der Waals surface area contributed by atoms with Crippen molar-refractivity contribution in [1.29, 1.82) is 0 Å². The molecule has 0 atom stereocenters. The highest BCUT2D eigenvalue weighted by Crippen LogP contribution is 2.15. The van der Waals surface area contributed by atoms with E-state index in [1.54, 1.807) is 0 Å². The first kappa shape index (κ1) is 17.5. The lowest BCUT2D eigenvalue weighted by atomic mass is 9.96. The maximum Gasteiger partial charge on any atom is 0.255 e. The predicted octanol–water partition coefficient (Wildman–Crippen LogP) is 1.15. The average molecular weight is 287 g/mol. The molecule has 1 saturated heterocycles. The quantitative estimate of drug-likeness (QED) is 0.796. The fourth-order valence-electron chi connectivity index (χ4n) is 1.99. The van der Waals surface area contributed by atoms with Gasteiger partial charge in [0.15, 0.2) is 0 Å². The van der Waals surface area contributed by atoms with E-state index in [1.807, 2.05) is 0 Å². The molecule has 0 radical (unpaired) electrons. The second-order valence-corrected chi connectivity index (χ2v) is 4.19. The first-order chi connectivity index (χ1) is 8.15. The Hall–Kier alpha value is -0.460. The maximum absolute atomic E-state index is 12.4. The Bertz CT molecular complexity index is 239. The number of amides is 1. The molecule has 0 unspecified atom stereocenters. The minimum atomic E-state index is -2.49. The molecule has 1 N–H and O–H groups in total. The van der Waals surface area contributed by atoms with Crippen molar-refractivity contribution in [3.8, 4) is 0 Å². The molecule has 0 bridgehead atoms. The third kappa shape index (κ3) is 5.93. The van der Waals surface area contributed by atoms with E-state index >= 15 is 0 Å². The Kier molecular flexibility index (Phi) is 9.23. The molecule has 18 heavy (non-hydrogen) atoms. The van der Waals surface area contributed by atoms with Crippen molar-refractivity contribution in [2.45, 2.75) is 19.3 Å². The Morgan fingerprint density at radius 1 is 1.44 bits per heavy atom. The fraction of sp³-hybridized carbons (Fsp3) is 0.909. The van der Waals surface area contributed by atoms with Gasteiger partial charge in [0.25, 0.3) is 6.43 Å². The molecule has 0 spiro atoms. The summed E-state index contributed by atoms with van der Waals surface area (Å²) in [5.74, 6) is -0.282. The van der Waals surface area contributed by atoms with Crippen LogP contribution >= 0.6 is 12.4 Å². The highest BCUT2D eigenvalue weighted by Gasteiger charge is 2.27. The first-order valence-electron chi connectivity index (χ1n) is 5.91.